The molecule has 0 atom stereocenters. The molecular formula is C19H21ClN2O2. The molecule has 1 heterocycles. The van der Waals surface area contributed by atoms with Crippen LogP contribution in [0.15, 0.2) is 42.6 Å². The number of pyridine rings is 1. The largest absolute Gasteiger partial charge is 0.490 e. The van der Waals surface area contributed by atoms with E-state index in [0.717, 1.165) is 24.2 Å². The number of nitrogens with zero attached hydrogens (tertiary/aromatic N) is 1. The molecule has 0 radical (unpaired) electrons. The molecule has 1 aromatic heterocycles. The first kappa shape index (κ1) is 16.8. The Balaban J connectivity index is 1.50. The van der Waals surface area contributed by atoms with Gasteiger partial charge < -0.3 is 10.1 Å². The molecule has 0 saturated heterocycles. The average Bonchev–Trinajstić information content (AvgIpc) is 3.08. The maximum Gasteiger partial charge on any atom is 0.224 e. The van der Waals surface area contributed by atoms with Gasteiger partial charge in [0.25, 0.3) is 0 Å². The molecule has 5 heteroatoms. The van der Waals surface area contributed by atoms with E-state index in [2.05, 4.69) is 10.3 Å². The van der Waals surface area contributed by atoms with Gasteiger partial charge in [0, 0.05) is 6.42 Å². The van der Waals surface area contributed by atoms with Crippen LogP contribution in [0.25, 0.3) is 0 Å². The molecule has 24 heavy (non-hydrogen) atoms. The van der Waals surface area contributed by atoms with Gasteiger partial charge in [-0.15, -0.1) is 0 Å². The quantitative estimate of drug-likeness (QED) is 0.777. The fraction of sp³-hybridized carbons (Fsp3) is 0.368. The van der Waals surface area contributed by atoms with Crippen LogP contribution in [0.2, 0.25) is 5.15 Å². The highest BCUT2D eigenvalue weighted by Gasteiger charge is 2.16. The summed E-state index contributed by atoms with van der Waals surface area (Å²) in [6.07, 6.45) is 7.78. The third kappa shape index (κ3) is 4.96. The molecule has 1 aliphatic rings. The van der Waals surface area contributed by atoms with Gasteiger partial charge in [-0.2, -0.15) is 0 Å². The number of halogens is 1. The summed E-state index contributed by atoms with van der Waals surface area (Å²) in [5, 5.41) is 3.23. The number of carbonyl (C=O) groups excluding carboxylic acids is 1. The number of carbonyl (C=O) groups is 1. The fourth-order valence-electron chi connectivity index (χ4n) is 2.90. The van der Waals surface area contributed by atoms with E-state index in [-0.39, 0.29) is 5.91 Å². The van der Waals surface area contributed by atoms with Crippen LogP contribution in [-0.4, -0.2) is 17.0 Å². The van der Waals surface area contributed by atoms with Crippen molar-refractivity contribution >= 4 is 23.2 Å². The monoisotopic (exact) mass is 344 g/mol. The summed E-state index contributed by atoms with van der Waals surface area (Å²) in [6.45, 7) is 0. The van der Waals surface area contributed by atoms with Gasteiger partial charge in [-0.05, 0) is 61.9 Å². The third-order valence-electron chi connectivity index (χ3n) is 4.16. The van der Waals surface area contributed by atoms with Gasteiger partial charge >= 0.3 is 0 Å². The molecule has 126 valence electrons. The van der Waals surface area contributed by atoms with Crippen molar-refractivity contribution in [2.75, 3.05) is 5.32 Å². The van der Waals surface area contributed by atoms with Crippen molar-refractivity contribution in [3.63, 3.8) is 0 Å². The van der Waals surface area contributed by atoms with E-state index >= 15 is 0 Å². The van der Waals surface area contributed by atoms with Gasteiger partial charge in [-0.3, -0.25) is 4.79 Å². The molecule has 1 aliphatic carbocycles. The summed E-state index contributed by atoms with van der Waals surface area (Å²) >= 11 is 5.73. The van der Waals surface area contributed by atoms with Gasteiger partial charge in [-0.25, -0.2) is 4.98 Å². The Bertz CT molecular complexity index is 682. The maximum atomic E-state index is 12.0. The minimum atomic E-state index is -0.0405. The second-order valence-electron chi connectivity index (χ2n) is 6.09. The number of aryl methyl sites for hydroxylation is 1. The molecule has 1 saturated carbocycles. The Kier molecular flexibility index (Phi) is 5.70. The predicted molar refractivity (Wildman–Crippen MR) is 95.5 cm³/mol. The molecule has 1 aromatic carbocycles. The Hall–Kier alpha value is -2.07. The number of anilines is 1. The number of hydrogen-bond acceptors (Lipinski definition) is 3. The Morgan fingerprint density at radius 3 is 2.83 bits per heavy atom. The lowest BCUT2D eigenvalue weighted by atomic mass is 10.1. The van der Waals surface area contributed by atoms with Crippen LogP contribution < -0.4 is 10.1 Å². The molecule has 1 N–H and O–H groups in total. The van der Waals surface area contributed by atoms with E-state index < -0.39 is 0 Å². The van der Waals surface area contributed by atoms with Gasteiger partial charge in [0.15, 0.2) is 0 Å². The van der Waals surface area contributed by atoms with Crippen molar-refractivity contribution in [1.29, 1.82) is 0 Å². The first-order valence-electron chi connectivity index (χ1n) is 8.36. The zero-order valence-electron chi connectivity index (χ0n) is 13.5. The van der Waals surface area contributed by atoms with Crippen LogP contribution >= 0.6 is 11.6 Å². The van der Waals surface area contributed by atoms with Crippen LogP contribution in [0, 0.1) is 0 Å². The van der Waals surface area contributed by atoms with E-state index in [1.54, 1.807) is 18.3 Å². The van der Waals surface area contributed by atoms with Crippen molar-refractivity contribution in [2.24, 2.45) is 0 Å². The third-order valence-corrected chi connectivity index (χ3v) is 4.38. The number of rotatable bonds is 6. The van der Waals surface area contributed by atoms with Gasteiger partial charge in [0.2, 0.25) is 5.91 Å². The summed E-state index contributed by atoms with van der Waals surface area (Å²) in [5.74, 6) is 0.864. The van der Waals surface area contributed by atoms with Crippen LogP contribution in [0.5, 0.6) is 5.75 Å². The lowest BCUT2D eigenvalue weighted by Gasteiger charge is -2.13. The number of benzene rings is 1. The predicted octanol–water partition coefficient (Wildman–Crippen LogP) is 4.63. The Morgan fingerprint density at radius 1 is 1.25 bits per heavy atom. The zero-order valence-corrected chi connectivity index (χ0v) is 14.3. The molecule has 1 fully saturated rings. The Labute approximate surface area is 147 Å². The van der Waals surface area contributed by atoms with Crippen LogP contribution in [-0.2, 0) is 11.2 Å². The number of amides is 1. The van der Waals surface area contributed by atoms with Crippen molar-refractivity contribution in [2.45, 2.75) is 44.6 Å². The van der Waals surface area contributed by atoms with E-state index in [1.165, 1.54) is 12.8 Å². The van der Waals surface area contributed by atoms with Gasteiger partial charge in [0.1, 0.15) is 10.9 Å². The van der Waals surface area contributed by atoms with Crippen molar-refractivity contribution < 1.29 is 9.53 Å². The van der Waals surface area contributed by atoms with E-state index in [1.807, 2.05) is 24.3 Å². The number of hydrogen-bond donors (Lipinski definition) is 1. The summed E-state index contributed by atoms with van der Waals surface area (Å²) < 4.78 is 6.01. The minimum Gasteiger partial charge on any atom is -0.490 e. The zero-order chi connectivity index (χ0) is 16.8. The SMILES string of the molecule is O=C(CCc1cccc(OC2CCCC2)c1)Nc1ccc(Cl)nc1. The lowest BCUT2D eigenvalue weighted by molar-refractivity contribution is -0.116. The molecule has 2 aromatic rings. The van der Waals surface area contributed by atoms with Crippen LogP contribution in [0.4, 0.5) is 5.69 Å². The first-order chi connectivity index (χ1) is 11.7. The molecule has 0 spiro atoms. The molecule has 0 aliphatic heterocycles. The van der Waals surface area contributed by atoms with E-state index in [9.17, 15) is 4.79 Å². The second kappa shape index (κ2) is 8.15. The van der Waals surface area contributed by atoms with Gasteiger partial charge in [-0.1, -0.05) is 23.7 Å². The molecule has 3 rings (SSSR count). The van der Waals surface area contributed by atoms with E-state index in [4.69, 9.17) is 16.3 Å². The minimum absolute atomic E-state index is 0.0405. The first-order valence-corrected chi connectivity index (χ1v) is 8.74. The number of aromatic nitrogens is 1. The van der Waals surface area contributed by atoms with Crippen LogP contribution in [0.1, 0.15) is 37.7 Å². The van der Waals surface area contributed by atoms with Crippen molar-refractivity contribution in [1.82, 2.24) is 4.98 Å². The standard InChI is InChI=1S/C19H21ClN2O2/c20-18-10-9-15(13-21-18)22-19(23)11-8-14-4-3-7-17(12-14)24-16-5-1-2-6-16/h3-4,7,9-10,12-13,16H,1-2,5-6,8,11H2,(H,22,23). The maximum absolute atomic E-state index is 12.0. The molecule has 0 bridgehead atoms. The highest BCUT2D eigenvalue weighted by molar-refractivity contribution is 6.29. The smallest absolute Gasteiger partial charge is 0.224 e. The summed E-state index contributed by atoms with van der Waals surface area (Å²) in [5.41, 5.74) is 1.76. The Morgan fingerprint density at radius 2 is 2.08 bits per heavy atom. The molecular weight excluding hydrogens is 324 g/mol. The molecule has 0 unspecified atom stereocenters. The van der Waals surface area contributed by atoms with Crippen molar-refractivity contribution in [3.05, 3.63) is 53.3 Å². The number of ether oxygens (including phenoxy) is 1. The average molecular weight is 345 g/mol. The van der Waals surface area contributed by atoms with Crippen molar-refractivity contribution in [3.8, 4) is 5.75 Å². The highest BCUT2D eigenvalue weighted by atomic mass is 35.5. The lowest BCUT2D eigenvalue weighted by Crippen LogP contribution is -2.13. The molecule has 4 nitrogen and oxygen atoms in total. The molecule has 1 amide bonds. The summed E-state index contributed by atoms with van der Waals surface area (Å²) in [6, 6.07) is 11.4. The summed E-state index contributed by atoms with van der Waals surface area (Å²) in [4.78, 5) is 16.0. The second-order valence-corrected chi connectivity index (χ2v) is 6.48. The number of nitrogens with one attached hydrogen (secondary N) is 1. The topological polar surface area (TPSA) is 51.2 Å². The highest BCUT2D eigenvalue weighted by Crippen LogP contribution is 2.24. The van der Waals surface area contributed by atoms with Crippen LogP contribution in [0.3, 0.4) is 0 Å². The van der Waals surface area contributed by atoms with E-state index in [0.29, 0.717) is 29.8 Å². The summed E-state index contributed by atoms with van der Waals surface area (Å²) in [7, 11) is 0. The normalized spacial score (nSPS) is 14.5. The fourth-order valence-corrected chi connectivity index (χ4v) is 3.02. The van der Waals surface area contributed by atoms with Gasteiger partial charge in [0.05, 0.1) is 18.0 Å².